The minimum absolute atomic E-state index is 0.109. The first kappa shape index (κ1) is 20.3. The molecule has 2 aromatic heterocycles. The number of ether oxygens (including phenoxy) is 2. The minimum atomic E-state index is -1.04. The molecule has 2 heterocycles. The molecular weight excluding hydrogens is 406 g/mol. The van der Waals surface area contributed by atoms with Gasteiger partial charge in [-0.1, -0.05) is 0 Å². The Morgan fingerprint density at radius 2 is 1.87 bits per heavy atom. The number of anilines is 2. The zero-order chi connectivity index (χ0) is 22.1. The number of methoxy groups -OCH3 is 2. The van der Waals surface area contributed by atoms with Crippen molar-refractivity contribution in [1.82, 2.24) is 24.3 Å². The predicted molar refractivity (Wildman–Crippen MR) is 111 cm³/mol. The monoisotopic (exact) mass is 426 g/mol. The lowest BCUT2D eigenvalue weighted by Gasteiger charge is -2.10. The van der Waals surface area contributed by atoms with Gasteiger partial charge < -0.3 is 19.4 Å². The van der Waals surface area contributed by atoms with Crippen LogP contribution >= 0.6 is 0 Å². The molecule has 0 fully saturated rings. The molecule has 0 saturated carbocycles. The molecule has 4 aromatic rings. The summed E-state index contributed by atoms with van der Waals surface area (Å²) in [5.74, 6) is -0.654. The Morgan fingerprint density at radius 1 is 1.06 bits per heavy atom. The Balaban J connectivity index is 1.67. The van der Waals surface area contributed by atoms with E-state index in [1.54, 1.807) is 26.6 Å². The van der Waals surface area contributed by atoms with Crippen molar-refractivity contribution in [3.8, 4) is 28.6 Å². The summed E-state index contributed by atoms with van der Waals surface area (Å²) in [4.78, 5) is 8.65. The van der Waals surface area contributed by atoms with Crippen LogP contribution in [-0.4, -0.2) is 38.5 Å². The number of rotatable bonds is 6. The first-order valence-electron chi connectivity index (χ1n) is 9.30. The molecule has 8 nitrogen and oxygen atoms in total. The van der Waals surface area contributed by atoms with E-state index >= 15 is 0 Å². The smallest absolute Gasteiger partial charge is 0.226 e. The van der Waals surface area contributed by atoms with Crippen molar-refractivity contribution in [2.75, 3.05) is 19.5 Å². The molecule has 0 unspecified atom stereocenters. The highest BCUT2D eigenvalue weighted by atomic mass is 19.2. The number of hydrogen-bond acceptors (Lipinski definition) is 6. The number of aryl methyl sites for hydroxylation is 2. The third-order valence-corrected chi connectivity index (χ3v) is 4.67. The number of nitrogens with zero attached hydrogens (tertiary/aromatic N) is 5. The van der Waals surface area contributed by atoms with Gasteiger partial charge in [-0.2, -0.15) is 4.98 Å². The summed E-state index contributed by atoms with van der Waals surface area (Å²) in [5.41, 5.74) is 2.28. The van der Waals surface area contributed by atoms with E-state index in [2.05, 4.69) is 20.4 Å². The molecule has 0 saturated heterocycles. The molecule has 0 aliphatic rings. The van der Waals surface area contributed by atoms with Gasteiger partial charge in [0.05, 0.1) is 37.6 Å². The zero-order valence-corrected chi connectivity index (χ0v) is 17.3. The Hall–Kier alpha value is -3.95. The highest BCUT2D eigenvalue weighted by molar-refractivity contribution is 5.65. The van der Waals surface area contributed by atoms with Gasteiger partial charge in [0.2, 0.25) is 5.95 Å². The van der Waals surface area contributed by atoms with Gasteiger partial charge >= 0.3 is 0 Å². The molecule has 0 atom stereocenters. The van der Waals surface area contributed by atoms with Crippen molar-refractivity contribution >= 4 is 11.6 Å². The number of imidazole rings is 1. The minimum Gasteiger partial charge on any atom is -0.497 e. The molecule has 0 aliphatic heterocycles. The maximum absolute atomic E-state index is 14.2. The normalized spacial score (nSPS) is 10.9. The highest BCUT2D eigenvalue weighted by Gasteiger charge is 2.17. The topological polar surface area (TPSA) is 79.0 Å². The lowest BCUT2D eigenvalue weighted by atomic mass is 10.1. The van der Waals surface area contributed by atoms with Crippen LogP contribution in [0.4, 0.5) is 20.4 Å². The van der Waals surface area contributed by atoms with Crippen LogP contribution in [0.3, 0.4) is 0 Å². The second kappa shape index (κ2) is 8.05. The standard InChI is InChI=1S/C21H20F2N6O2/c1-12-10-29(11-24-12)17-6-5-13(7-18(17)31-4)20-26-21(28(2)27-20)25-16-9-14(30-3)8-15(22)19(16)23/h5-11H,1-4H3,(H,25,26,27). The van der Waals surface area contributed by atoms with E-state index in [0.717, 1.165) is 17.4 Å². The van der Waals surface area contributed by atoms with Crippen LogP contribution in [-0.2, 0) is 7.05 Å². The van der Waals surface area contributed by atoms with E-state index < -0.39 is 11.6 Å². The van der Waals surface area contributed by atoms with Gasteiger partial charge in [0.1, 0.15) is 11.5 Å². The number of nitrogens with one attached hydrogen (secondary N) is 1. The summed E-state index contributed by atoms with van der Waals surface area (Å²) in [7, 11) is 4.59. The van der Waals surface area contributed by atoms with Gasteiger partial charge in [-0.3, -0.25) is 0 Å². The fourth-order valence-corrected chi connectivity index (χ4v) is 3.09. The summed E-state index contributed by atoms with van der Waals surface area (Å²) < 4.78 is 41.8. The molecule has 0 aliphatic carbocycles. The number of benzene rings is 2. The number of hydrogen-bond donors (Lipinski definition) is 1. The Bertz CT molecular complexity index is 1250. The molecule has 4 rings (SSSR count). The first-order valence-corrected chi connectivity index (χ1v) is 9.30. The Labute approximate surface area is 177 Å². The summed E-state index contributed by atoms with van der Waals surface area (Å²) in [6, 6.07) is 7.83. The number of aromatic nitrogens is 5. The van der Waals surface area contributed by atoms with E-state index in [0.29, 0.717) is 17.1 Å². The van der Waals surface area contributed by atoms with Crippen LogP contribution in [0.25, 0.3) is 17.1 Å². The third-order valence-electron chi connectivity index (χ3n) is 4.67. The van der Waals surface area contributed by atoms with Crippen molar-refractivity contribution in [1.29, 1.82) is 0 Å². The van der Waals surface area contributed by atoms with E-state index in [4.69, 9.17) is 9.47 Å². The summed E-state index contributed by atoms with van der Waals surface area (Å²) in [6.45, 7) is 1.90. The predicted octanol–water partition coefficient (Wildman–Crippen LogP) is 4.02. The summed E-state index contributed by atoms with van der Waals surface area (Å²) >= 11 is 0. The molecule has 0 bridgehead atoms. The zero-order valence-electron chi connectivity index (χ0n) is 17.3. The first-order chi connectivity index (χ1) is 14.9. The largest absolute Gasteiger partial charge is 0.497 e. The van der Waals surface area contributed by atoms with Crippen LogP contribution < -0.4 is 14.8 Å². The molecule has 0 amide bonds. The van der Waals surface area contributed by atoms with E-state index in [9.17, 15) is 8.78 Å². The highest BCUT2D eigenvalue weighted by Crippen LogP contribution is 2.30. The molecule has 0 radical (unpaired) electrons. The average Bonchev–Trinajstić information content (AvgIpc) is 3.36. The molecule has 1 N–H and O–H groups in total. The second-order valence-corrected chi connectivity index (χ2v) is 6.79. The van der Waals surface area contributed by atoms with Crippen LogP contribution in [0, 0.1) is 18.6 Å². The van der Waals surface area contributed by atoms with Gasteiger partial charge in [-0.25, -0.2) is 18.4 Å². The fraction of sp³-hybridized carbons (Fsp3) is 0.190. The van der Waals surface area contributed by atoms with Crippen molar-refractivity contribution < 1.29 is 18.3 Å². The molecule has 0 spiro atoms. The maximum atomic E-state index is 14.2. The van der Waals surface area contributed by atoms with Crippen molar-refractivity contribution in [2.24, 2.45) is 7.05 Å². The second-order valence-electron chi connectivity index (χ2n) is 6.79. The molecule has 160 valence electrons. The third kappa shape index (κ3) is 3.91. The van der Waals surface area contributed by atoms with Crippen molar-refractivity contribution in [3.05, 3.63) is 60.2 Å². The molecular formula is C21H20F2N6O2. The van der Waals surface area contributed by atoms with Gasteiger partial charge in [-0.15, -0.1) is 5.10 Å². The molecule has 10 heteroatoms. The summed E-state index contributed by atoms with van der Waals surface area (Å²) in [5, 5.41) is 7.14. The van der Waals surface area contributed by atoms with Crippen LogP contribution in [0.15, 0.2) is 42.9 Å². The van der Waals surface area contributed by atoms with E-state index in [-0.39, 0.29) is 17.4 Å². The van der Waals surface area contributed by atoms with Gasteiger partial charge in [0.25, 0.3) is 0 Å². The van der Waals surface area contributed by atoms with E-state index in [1.807, 2.05) is 29.8 Å². The lowest BCUT2D eigenvalue weighted by Crippen LogP contribution is -2.03. The molecule has 31 heavy (non-hydrogen) atoms. The lowest BCUT2D eigenvalue weighted by molar-refractivity contribution is 0.407. The van der Waals surface area contributed by atoms with Gasteiger partial charge in [0, 0.05) is 30.9 Å². The van der Waals surface area contributed by atoms with Crippen LogP contribution in [0.1, 0.15) is 5.69 Å². The van der Waals surface area contributed by atoms with Crippen molar-refractivity contribution in [3.63, 3.8) is 0 Å². The van der Waals surface area contributed by atoms with E-state index in [1.165, 1.54) is 17.9 Å². The molecule has 2 aromatic carbocycles. The van der Waals surface area contributed by atoms with Crippen molar-refractivity contribution in [2.45, 2.75) is 6.92 Å². The average molecular weight is 426 g/mol. The summed E-state index contributed by atoms with van der Waals surface area (Å²) in [6.07, 6.45) is 3.59. The Kier molecular flexibility index (Phi) is 5.28. The van der Waals surface area contributed by atoms with Gasteiger partial charge in [0.15, 0.2) is 17.5 Å². The van der Waals surface area contributed by atoms with Gasteiger partial charge in [-0.05, 0) is 25.1 Å². The van der Waals surface area contributed by atoms with Crippen LogP contribution in [0.5, 0.6) is 11.5 Å². The maximum Gasteiger partial charge on any atom is 0.226 e. The van der Waals surface area contributed by atoms with Crippen LogP contribution in [0.2, 0.25) is 0 Å². The Morgan fingerprint density at radius 3 is 2.55 bits per heavy atom. The fourth-order valence-electron chi connectivity index (χ4n) is 3.09. The number of halogens is 2. The SMILES string of the molecule is COc1cc(F)c(F)c(Nc2nc(-c3ccc(-n4cnc(C)c4)c(OC)c3)nn2C)c1. The quantitative estimate of drug-likeness (QED) is 0.502.